The number of carbonyl (C=O) groups excluding carboxylic acids is 3. The van der Waals surface area contributed by atoms with Gasteiger partial charge in [0.2, 0.25) is 17.7 Å². The number of aliphatic hydroxyl groups excluding tert-OH is 1. The molecule has 3 heterocycles. The summed E-state index contributed by atoms with van der Waals surface area (Å²) in [6, 6.07) is -2.23. The van der Waals surface area contributed by atoms with E-state index in [1.807, 2.05) is 6.26 Å². The van der Waals surface area contributed by atoms with Gasteiger partial charge in [-0.3, -0.25) is 14.4 Å². The lowest BCUT2D eigenvalue weighted by Crippen LogP contribution is -2.61. The Balaban J connectivity index is 1.78. The summed E-state index contributed by atoms with van der Waals surface area (Å²) >= 11 is 1.61. The van der Waals surface area contributed by atoms with Gasteiger partial charge in [0.1, 0.15) is 17.5 Å². The topological polar surface area (TPSA) is 124 Å². The normalized spacial score (nSPS) is 30.6. The number of hydrogen-bond acceptors (Lipinski definition) is 7. The number of amides is 3. The number of fused-ring (bicyclic) bond motifs is 1. The molecule has 29 heavy (non-hydrogen) atoms. The number of aliphatic hydroxyl groups is 1. The van der Waals surface area contributed by atoms with Crippen LogP contribution < -0.4 is 5.32 Å². The molecule has 3 aliphatic heterocycles. The number of carbonyl (C=O) groups is 3. The van der Waals surface area contributed by atoms with Crippen molar-refractivity contribution in [3.8, 4) is 0 Å². The molecule has 2 N–H and O–H groups in total. The van der Waals surface area contributed by atoms with Crippen molar-refractivity contribution in [2.45, 2.75) is 67.8 Å². The third-order valence-corrected chi connectivity index (χ3v) is 9.73. The van der Waals surface area contributed by atoms with E-state index in [1.165, 1.54) is 23.6 Å². The quantitative estimate of drug-likeness (QED) is 0.497. The van der Waals surface area contributed by atoms with Gasteiger partial charge in [-0.2, -0.15) is 11.8 Å². The Morgan fingerprint density at radius 1 is 1.38 bits per heavy atom. The van der Waals surface area contributed by atoms with Gasteiger partial charge < -0.3 is 20.2 Å². The van der Waals surface area contributed by atoms with E-state index in [2.05, 4.69) is 5.32 Å². The van der Waals surface area contributed by atoms with Crippen LogP contribution in [0, 0.1) is 0 Å². The lowest BCUT2D eigenvalue weighted by atomic mass is 9.96. The Kier molecular flexibility index (Phi) is 6.22. The molecule has 0 radical (unpaired) electrons. The van der Waals surface area contributed by atoms with Crippen molar-refractivity contribution in [2.24, 2.45) is 0 Å². The molecule has 4 unspecified atom stereocenters. The monoisotopic (exact) mass is 447 g/mol. The van der Waals surface area contributed by atoms with Gasteiger partial charge in [0.25, 0.3) is 0 Å². The highest BCUT2D eigenvalue weighted by Crippen LogP contribution is 2.46. The summed E-state index contributed by atoms with van der Waals surface area (Å²) in [6.07, 6.45) is 3.55. The third-order valence-electron chi connectivity index (χ3n) is 6.29. The number of thioether (sulfide) groups is 1. The molecule has 3 fully saturated rings. The number of hydrogen-bond donors (Lipinski definition) is 2. The van der Waals surface area contributed by atoms with Crippen LogP contribution >= 0.6 is 11.8 Å². The van der Waals surface area contributed by atoms with Gasteiger partial charge in [-0.05, 0) is 45.1 Å². The molecule has 164 valence electrons. The van der Waals surface area contributed by atoms with Crippen LogP contribution in [0.3, 0.4) is 0 Å². The molecule has 9 nitrogen and oxygen atoms in total. The first-order chi connectivity index (χ1) is 13.6. The van der Waals surface area contributed by atoms with Crippen LogP contribution in [-0.2, 0) is 24.2 Å². The molecule has 0 aliphatic carbocycles. The number of β-lactam (4-membered cyclic amide) rings is 1. The first-order valence-corrected chi connectivity index (χ1v) is 12.8. The fraction of sp³-hybridized carbons (Fsp3) is 0.833. The summed E-state index contributed by atoms with van der Waals surface area (Å²) in [5.41, 5.74) is 0. The minimum absolute atomic E-state index is 0.0902. The van der Waals surface area contributed by atoms with E-state index in [9.17, 15) is 27.9 Å². The minimum Gasteiger partial charge on any atom is -0.394 e. The van der Waals surface area contributed by atoms with Gasteiger partial charge in [-0.25, -0.2) is 8.42 Å². The summed E-state index contributed by atoms with van der Waals surface area (Å²) in [5, 5.41) is 11.4. The van der Waals surface area contributed by atoms with Crippen LogP contribution in [0.25, 0.3) is 0 Å². The molecule has 0 spiro atoms. The van der Waals surface area contributed by atoms with Crippen LogP contribution in [-0.4, -0.2) is 94.5 Å². The smallest absolute Gasteiger partial charge is 0.247 e. The molecule has 0 aromatic heterocycles. The van der Waals surface area contributed by atoms with Crippen molar-refractivity contribution < 1.29 is 27.9 Å². The van der Waals surface area contributed by atoms with Gasteiger partial charge in [-0.15, -0.1) is 0 Å². The van der Waals surface area contributed by atoms with Crippen molar-refractivity contribution in [1.82, 2.24) is 15.1 Å². The van der Waals surface area contributed by atoms with Crippen molar-refractivity contribution in [1.29, 1.82) is 0 Å². The molecule has 3 amide bonds. The lowest BCUT2D eigenvalue weighted by Gasteiger charge is -2.39. The van der Waals surface area contributed by atoms with Crippen LogP contribution in [0.5, 0.6) is 0 Å². The van der Waals surface area contributed by atoms with Gasteiger partial charge in [0.15, 0.2) is 9.84 Å². The fourth-order valence-electron chi connectivity index (χ4n) is 4.46. The third kappa shape index (κ3) is 3.54. The van der Waals surface area contributed by atoms with Crippen LogP contribution in [0.15, 0.2) is 0 Å². The summed E-state index contributed by atoms with van der Waals surface area (Å²) in [7, 11) is -3.67. The number of nitrogens with zero attached hydrogens (tertiary/aromatic N) is 2. The Labute approximate surface area is 175 Å². The molecular weight excluding hydrogens is 418 g/mol. The van der Waals surface area contributed by atoms with E-state index in [4.69, 9.17) is 0 Å². The molecule has 11 heteroatoms. The first kappa shape index (κ1) is 22.4. The SMILES string of the molecule is CSCCC(CO)NC(=O)C1CCCN1C(=O)C1N2C(=O)CC2S(=O)(=O)C1(C)C. The van der Waals surface area contributed by atoms with E-state index < -0.39 is 44.0 Å². The zero-order valence-electron chi connectivity index (χ0n) is 17.0. The Hall–Kier alpha value is -1.33. The molecule has 0 aromatic carbocycles. The van der Waals surface area contributed by atoms with E-state index in [1.54, 1.807) is 11.8 Å². The van der Waals surface area contributed by atoms with Crippen LogP contribution in [0.4, 0.5) is 0 Å². The molecule has 0 saturated carbocycles. The summed E-state index contributed by atoms with van der Waals surface area (Å²) < 4.78 is 24.1. The first-order valence-electron chi connectivity index (χ1n) is 9.83. The van der Waals surface area contributed by atoms with E-state index in [-0.39, 0.29) is 24.8 Å². The second-order valence-electron chi connectivity index (χ2n) is 8.37. The van der Waals surface area contributed by atoms with Gasteiger partial charge in [0.05, 0.1) is 23.8 Å². The zero-order chi connectivity index (χ0) is 21.6. The van der Waals surface area contributed by atoms with Crippen molar-refractivity contribution in [3.63, 3.8) is 0 Å². The summed E-state index contributed by atoms with van der Waals surface area (Å²) in [4.78, 5) is 40.9. The van der Waals surface area contributed by atoms with E-state index in [0.717, 1.165) is 5.75 Å². The highest BCUT2D eigenvalue weighted by molar-refractivity contribution is 7.98. The average Bonchev–Trinajstić information content (AvgIpc) is 3.19. The van der Waals surface area contributed by atoms with E-state index >= 15 is 0 Å². The minimum atomic E-state index is -3.67. The van der Waals surface area contributed by atoms with Gasteiger partial charge in [-0.1, -0.05) is 0 Å². The summed E-state index contributed by atoms with van der Waals surface area (Å²) in [6.45, 7) is 3.10. The highest BCUT2D eigenvalue weighted by atomic mass is 32.2. The second-order valence-corrected chi connectivity index (χ2v) is 12.0. The maximum Gasteiger partial charge on any atom is 0.247 e. The molecule has 3 aliphatic rings. The van der Waals surface area contributed by atoms with Crippen molar-refractivity contribution in [3.05, 3.63) is 0 Å². The molecule has 0 bridgehead atoms. The number of sulfone groups is 1. The summed E-state index contributed by atoms with van der Waals surface area (Å²) in [5.74, 6) is -0.400. The van der Waals surface area contributed by atoms with Gasteiger partial charge >= 0.3 is 0 Å². The average molecular weight is 448 g/mol. The second kappa shape index (κ2) is 8.07. The van der Waals surface area contributed by atoms with Crippen LogP contribution in [0.2, 0.25) is 0 Å². The van der Waals surface area contributed by atoms with Crippen molar-refractivity contribution in [2.75, 3.05) is 25.2 Å². The highest BCUT2D eigenvalue weighted by Gasteiger charge is 2.68. The maximum atomic E-state index is 13.4. The Morgan fingerprint density at radius 3 is 2.66 bits per heavy atom. The van der Waals surface area contributed by atoms with Crippen molar-refractivity contribution >= 4 is 39.3 Å². The lowest BCUT2D eigenvalue weighted by molar-refractivity contribution is -0.155. The standard InChI is InChI=1S/C18H29N3O6S2/c1-18(2)15(21-13(23)9-14(21)29(18,26)27)17(25)20-7-4-5-12(20)16(24)19-11(10-22)6-8-28-3/h11-12,14-15,22H,4-10H2,1-3H3,(H,19,24). The largest absolute Gasteiger partial charge is 0.394 e. The fourth-order valence-corrected chi connectivity index (χ4v) is 7.10. The predicted molar refractivity (Wildman–Crippen MR) is 109 cm³/mol. The molecule has 3 rings (SSSR count). The number of rotatable bonds is 7. The zero-order valence-corrected chi connectivity index (χ0v) is 18.6. The predicted octanol–water partition coefficient (Wildman–Crippen LogP) is -0.658. The molecule has 4 atom stereocenters. The number of nitrogens with one attached hydrogen (secondary N) is 1. The number of likely N-dealkylation sites (tertiary alicyclic amines) is 1. The molecule has 3 saturated heterocycles. The Morgan fingerprint density at radius 2 is 2.07 bits per heavy atom. The Bertz CT molecular complexity index is 799. The van der Waals surface area contributed by atoms with E-state index in [0.29, 0.717) is 25.8 Å². The molecular formula is C18H29N3O6S2. The van der Waals surface area contributed by atoms with Crippen LogP contribution in [0.1, 0.15) is 39.5 Å². The maximum absolute atomic E-state index is 13.4. The molecule has 0 aromatic rings. The van der Waals surface area contributed by atoms with Gasteiger partial charge in [0, 0.05) is 6.54 Å².